The molecular weight excluding hydrogens is 336 g/mol. The van der Waals surface area contributed by atoms with E-state index in [9.17, 15) is 9.59 Å². The maximum atomic E-state index is 12.4. The summed E-state index contributed by atoms with van der Waals surface area (Å²) in [5.74, 6) is 0.112. The van der Waals surface area contributed by atoms with Gasteiger partial charge in [-0.15, -0.1) is 12.4 Å². The Morgan fingerprint density at radius 1 is 1.04 bits per heavy atom. The summed E-state index contributed by atoms with van der Waals surface area (Å²) in [5, 5.41) is 6.72. The number of aryl methyl sites for hydroxylation is 2. The van der Waals surface area contributed by atoms with E-state index in [0.717, 1.165) is 31.2 Å². The Labute approximate surface area is 155 Å². The fourth-order valence-electron chi connectivity index (χ4n) is 4.59. The third-order valence-electron chi connectivity index (χ3n) is 5.84. The summed E-state index contributed by atoms with van der Waals surface area (Å²) in [6.45, 7) is 0. The van der Waals surface area contributed by atoms with Crippen LogP contribution in [0.2, 0.25) is 0 Å². The van der Waals surface area contributed by atoms with Gasteiger partial charge in [-0.2, -0.15) is 0 Å². The molecule has 2 fully saturated rings. The van der Waals surface area contributed by atoms with Gasteiger partial charge in [0.2, 0.25) is 5.91 Å². The maximum absolute atomic E-state index is 12.4. The second-order valence-electron chi connectivity index (χ2n) is 7.63. The number of carbonyl (C=O) groups is 2. The van der Waals surface area contributed by atoms with Crippen molar-refractivity contribution in [3.63, 3.8) is 0 Å². The fraction of sp³-hybridized carbons (Fsp3) is 0.600. The molecule has 2 atom stereocenters. The molecule has 2 saturated heterocycles. The Kier molecular flexibility index (Phi) is 5.80. The third kappa shape index (κ3) is 4.24. The number of nitrogens with one attached hydrogen (secondary N) is 2. The van der Waals surface area contributed by atoms with Gasteiger partial charge in [-0.3, -0.25) is 9.59 Å². The molecule has 2 bridgehead atoms. The SMILES string of the molecule is Cl.O=C(CCC(=O)c1ccc2c(c1)CCC2)NC1CC2CCC(C1)N2. The number of halogens is 1. The van der Waals surface area contributed by atoms with Crippen molar-refractivity contribution in [2.24, 2.45) is 0 Å². The summed E-state index contributed by atoms with van der Waals surface area (Å²) in [6.07, 6.45) is 8.52. The smallest absolute Gasteiger partial charge is 0.220 e. The standard InChI is InChI=1S/C20H26N2O2.ClH/c23-19(15-5-4-13-2-1-3-14(13)10-15)8-9-20(24)22-18-11-16-6-7-17(12-18)21-16;/h4-5,10,16-18,21H,1-3,6-9,11-12H2,(H,22,24);1H. The van der Waals surface area contributed by atoms with Gasteiger partial charge >= 0.3 is 0 Å². The molecule has 1 aromatic rings. The Morgan fingerprint density at radius 3 is 2.52 bits per heavy atom. The first-order chi connectivity index (χ1) is 11.7. The first kappa shape index (κ1) is 18.4. The zero-order valence-electron chi connectivity index (χ0n) is 14.6. The van der Waals surface area contributed by atoms with E-state index in [1.165, 1.54) is 30.4 Å². The average Bonchev–Trinajstić information content (AvgIpc) is 3.18. The molecular formula is C20H27ClN2O2. The van der Waals surface area contributed by atoms with Crippen LogP contribution in [0.15, 0.2) is 18.2 Å². The minimum absolute atomic E-state index is 0. The summed E-state index contributed by atoms with van der Waals surface area (Å²) >= 11 is 0. The third-order valence-corrected chi connectivity index (χ3v) is 5.84. The van der Waals surface area contributed by atoms with Crippen LogP contribution in [0.3, 0.4) is 0 Å². The van der Waals surface area contributed by atoms with E-state index in [2.05, 4.69) is 16.7 Å². The first-order valence-electron chi connectivity index (χ1n) is 9.38. The number of Topliss-reactive ketones (excluding diaryl/α,β-unsaturated/α-hetero) is 1. The van der Waals surface area contributed by atoms with Crippen molar-refractivity contribution < 1.29 is 9.59 Å². The number of hydrogen-bond acceptors (Lipinski definition) is 3. The summed E-state index contributed by atoms with van der Waals surface area (Å²) in [5.41, 5.74) is 3.46. The predicted molar refractivity (Wildman–Crippen MR) is 100 cm³/mol. The lowest BCUT2D eigenvalue weighted by atomic mass is 9.99. The normalized spacial score (nSPS) is 26.6. The van der Waals surface area contributed by atoms with E-state index in [1.54, 1.807) is 0 Å². The van der Waals surface area contributed by atoms with Gasteiger partial charge in [-0.05, 0) is 62.1 Å². The highest BCUT2D eigenvalue weighted by Gasteiger charge is 2.33. The molecule has 2 unspecified atom stereocenters. The van der Waals surface area contributed by atoms with Gasteiger partial charge in [0.05, 0.1) is 0 Å². The van der Waals surface area contributed by atoms with Crippen molar-refractivity contribution in [2.75, 3.05) is 0 Å². The second kappa shape index (κ2) is 7.88. The molecule has 2 N–H and O–H groups in total. The average molecular weight is 363 g/mol. The number of amides is 1. The van der Waals surface area contributed by atoms with Gasteiger partial charge in [0.15, 0.2) is 5.78 Å². The van der Waals surface area contributed by atoms with Crippen molar-refractivity contribution in [3.05, 3.63) is 34.9 Å². The molecule has 1 aromatic carbocycles. The van der Waals surface area contributed by atoms with Gasteiger partial charge in [0.1, 0.15) is 0 Å². The van der Waals surface area contributed by atoms with Crippen molar-refractivity contribution in [2.45, 2.75) is 75.9 Å². The minimum atomic E-state index is 0. The Balaban J connectivity index is 0.00000182. The van der Waals surface area contributed by atoms with E-state index >= 15 is 0 Å². The number of rotatable bonds is 5. The Bertz CT molecular complexity index is 649. The summed E-state index contributed by atoms with van der Waals surface area (Å²) in [4.78, 5) is 24.5. The molecule has 4 rings (SSSR count). The fourth-order valence-corrected chi connectivity index (χ4v) is 4.59. The molecule has 0 saturated carbocycles. The monoisotopic (exact) mass is 362 g/mol. The zero-order valence-corrected chi connectivity index (χ0v) is 15.4. The molecule has 25 heavy (non-hydrogen) atoms. The topological polar surface area (TPSA) is 58.2 Å². The Morgan fingerprint density at radius 2 is 1.76 bits per heavy atom. The van der Waals surface area contributed by atoms with Crippen LogP contribution in [0.1, 0.15) is 66.4 Å². The predicted octanol–water partition coefficient (Wildman–Crippen LogP) is 2.96. The molecule has 2 aliphatic heterocycles. The highest BCUT2D eigenvalue weighted by molar-refractivity contribution is 5.98. The van der Waals surface area contributed by atoms with Crippen LogP contribution in [-0.4, -0.2) is 29.8 Å². The van der Waals surface area contributed by atoms with E-state index in [-0.39, 0.29) is 30.1 Å². The van der Waals surface area contributed by atoms with E-state index in [0.29, 0.717) is 24.9 Å². The van der Waals surface area contributed by atoms with Crippen LogP contribution in [0, 0.1) is 0 Å². The van der Waals surface area contributed by atoms with Gasteiger partial charge < -0.3 is 10.6 Å². The lowest BCUT2D eigenvalue weighted by molar-refractivity contribution is -0.122. The molecule has 4 nitrogen and oxygen atoms in total. The van der Waals surface area contributed by atoms with E-state index in [1.807, 2.05) is 12.1 Å². The van der Waals surface area contributed by atoms with Gasteiger partial charge in [0.25, 0.3) is 0 Å². The van der Waals surface area contributed by atoms with Crippen LogP contribution >= 0.6 is 12.4 Å². The molecule has 0 spiro atoms. The lowest BCUT2D eigenvalue weighted by Gasteiger charge is -2.29. The van der Waals surface area contributed by atoms with Crippen molar-refractivity contribution in [3.8, 4) is 0 Å². The first-order valence-corrected chi connectivity index (χ1v) is 9.38. The van der Waals surface area contributed by atoms with E-state index in [4.69, 9.17) is 0 Å². The zero-order chi connectivity index (χ0) is 16.5. The van der Waals surface area contributed by atoms with Gasteiger partial charge in [0, 0.05) is 36.5 Å². The molecule has 5 heteroatoms. The highest BCUT2D eigenvalue weighted by atomic mass is 35.5. The van der Waals surface area contributed by atoms with Crippen molar-refractivity contribution >= 4 is 24.1 Å². The molecule has 0 radical (unpaired) electrons. The molecule has 0 aromatic heterocycles. The van der Waals surface area contributed by atoms with Crippen molar-refractivity contribution in [1.82, 2.24) is 10.6 Å². The maximum Gasteiger partial charge on any atom is 0.220 e. The number of hydrogen-bond donors (Lipinski definition) is 2. The van der Waals surface area contributed by atoms with Crippen LogP contribution in [0.25, 0.3) is 0 Å². The number of carbonyl (C=O) groups excluding carboxylic acids is 2. The number of fused-ring (bicyclic) bond motifs is 3. The molecule has 1 amide bonds. The summed E-state index contributed by atoms with van der Waals surface area (Å²) < 4.78 is 0. The van der Waals surface area contributed by atoms with Crippen molar-refractivity contribution in [1.29, 1.82) is 0 Å². The summed E-state index contributed by atoms with van der Waals surface area (Å²) in [7, 11) is 0. The van der Waals surface area contributed by atoms with E-state index < -0.39 is 0 Å². The highest BCUT2D eigenvalue weighted by Crippen LogP contribution is 2.27. The lowest BCUT2D eigenvalue weighted by Crippen LogP contribution is -2.48. The van der Waals surface area contributed by atoms with Gasteiger partial charge in [-0.25, -0.2) is 0 Å². The second-order valence-corrected chi connectivity index (χ2v) is 7.63. The molecule has 1 aliphatic carbocycles. The number of benzene rings is 1. The van der Waals surface area contributed by atoms with Gasteiger partial charge in [-0.1, -0.05) is 12.1 Å². The Hall–Kier alpha value is -1.39. The van der Waals surface area contributed by atoms with Crippen LogP contribution in [-0.2, 0) is 17.6 Å². The largest absolute Gasteiger partial charge is 0.353 e. The summed E-state index contributed by atoms with van der Waals surface area (Å²) in [6, 6.07) is 7.47. The number of piperidine rings is 1. The quantitative estimate of drug-likeness (QED) is 0.792. The molecule has 3 aliphatic rings. The van der Waals surface area contributed by atoms with Crippen LogP contribution in [0.4, 0.5) is 0 Å². The number of ketones is 1. The molecule has 136 valence electrons. The van der Waals surface area contributed by atoms with Crippen LogP contribution in [0.5, 0.6) is 0 Å². The minimum Gasteiger partial charge on any atom is -0.353 e. The molecule has 2 heterocycles. The van der Waals surface area contributed by atoms with Crippen LogP contribution < -0.4 is 10.6 Å².